The average molecular weight is 203 g/mol. The second-order valence-corrected chi connectivity index (χ2v) is 4.14. The van der Waals surface area contributed by atoms with E-state index < -0.39 is 11.7 Å². The van der Waals surface area contributed by atoms with Crippen molar-refractivity contribution in [3.8, 4) is 0 Å². The quantitative estimate of drug-likeness (QED) is 0.520. The number of ether oxygens (including phenoxy) is 2. The summed E-state index contributed by atoms with van der Waals surface area (Å²) in [4.78, 5) is 0. The molecule has 2 bridgehead atoms. The lowest BCUT2D eigenvalue weighted by atomic mass is 9.82. The van der Waals surface area contributed by atoms with Crippen molar-refractivity contribution < 1.29 is 19.7 Å². The predicted octanol–water partition coefficient (Wildman–Crippen LogP) is -1.31. The third-order valence-corrected chi connectivity index (χ3v) is 3.34. The molecule has 14 heavy (non-hydrogen) atoms. The van der Waals surface area contributed by atoms with Gasteiger partial charge < -0.3 is 25.0 Å². The molecule has 2 rings (SSSR count). The van der Waals surface area contributed by atoms with Crippen molar-refractivity contribution in [2.75, 3.05) is 20.3 Å². The Morgan fingerprint density at radius 1 is 1.57 bits per heavy atom. The summed E-state index contributed by atoms with van der Waals surface area (Å²) in [5, 5.41) is 22.3. The van der Waals surface area contributed by atoms with E-state index in [1.54, 1.807) is 0 Å². The number of fused-ring (bicyclic) bond motifs is 2. The fourth-order valence-electron chi connectivity index (χ4n) is 2.35. The molecule has 0 aromatic rings. The predicted molar refractivity (Wildman–Crippen MR) is 48.7 cm³/mol. The first-order chi connectivity index (χ1) is 6.64. The Kier molecular flexibility index (Phi) is 2.53. The van der Waals surface area contributed by atoms with Gasteiger partial charge in [-0.3, -0.25) is 0 Å². The van der Waals surface area contributed by atoms with Gasteiger partial charge in [0.15, 0.2) is 6.29 Å². The van der Waals surface area contributed by atoms with Crippen molar-refractivity contribution in [2.45, 2.75) is 31.0 Å². The molecule has 0 aliphatic carbocycles. The molecule has 0 amide bonds. The highest BCUT2D eigenvalue weighted by atomic mass is 16.7. The summed E-state index contributed by atoms with van der Waals surface area (Å²) in [5.74, 6) is 0.00778. The van der Waals surface area contributed by atoms with E-state index in [0.29, 0.717) is 0 Å². The number of nitrogens with one attached hydrogen (secondary N) is 1. The molecule has 2 fully saturated rings. The Labute approximate surface area is 83.0 Å². The van der Waals surface area contributed by atoms with Crippen molar-refractivity contribution in [3.05, 3.63) is 0 Å². The van der Waals surface area contributed by atoms with Gasteiger partial charge in [0.25, 0.3) is 0 Å². The Balaban J connectivity index is 2.23. The van der Waals surface area contributed by atoms with E-state index in [1.807, 2.05) is 14.0 Å². The number of aliphatic hydroxyl groups is 2. The number of rotatable bonds is 2. The van der Waals surface area contributed by atoms with Gasteiger partial charge in [0.2, 0.25) is 0 Å². The van der Waals surface area contributed by atoms with Crippen molar-refractivity contribution in [1.29, 1.82) is 0 Å². The molecule has 0 aromatic carbocycles. The lowest BCUT2D eigenvalue weighted by molar-refractivity contribution is -0.213. The zero-order valence-corrected chi connectivity index (χ0v) is 8.43. The summed E-state index contributed by atoms with van der Waals surface area (Å²) in [6, 6.07) is -0.0211. The Hall–Kier alpha value is -0.200. The average Bonchev–Trinajstić information content (AvgIpc) is 2.59. The maximum absolute atomic E-state index is 10.0. The molecule has 0 unspecified atom stereocenters. The molecular formula is C9H17NO4. The van der Waals surface area contributed by atoms with E-state index >= 15 is 0 Å². The molecule has 0 aromatic heterocycles. The third-order valence-electron chi connectivity index (χ3n) is 3.34. The highest BCUT2D eigenvalue weighted by molar-refractivity contribution is 5.03. The van der Waals surface area contributed by atoms with Gasteiger partial charge in [-0.05, 0) is 7.05 Å². The highest BCUT2D eigenvalue weighted by Gasteiger charge is 2.57. The molecular weight excluding hydrogens is 186 g/mol. The zero-order valence-electron chi connectivity index (χ0n) is 8.43. The van der Waals surface area contributed by atoms with Gasteiger partial charge in [-0.2, -0.15) is 0 Å². The van der Waals surface area contributed by atoms with Crippen LogP contribution in [0.2, 0.25) is 0 Å². The van der Waals surface area contributed by atoms with E-state index in [2.05, 4.69) is 5.32 Å². The van der Waals surface area contributed by atoms with Gasteiger partial charge in [-0.15, -0.1) is 0 Å². The molecule has 2 aliphatic heterocycles. The molecule has 2 saturated heterocycles. The van der Waals surface area contributed by atoms with Gasteiger partial charge in [0.1, 0.15) is 5.60 Å². The number of hydrogen-bond donors (Lipinski definition) is 3. The van der Waals surface area contributed by atoms with Crippen LogP contribution in [0.5, 0.6) is 0 Å². The summed E-state index contributed by atoms with van der Waals surface area (Å²) >= 11 is 0. The van der Waals surface area contributed by atoms with Crippen molar-refractivity contribution >= 4 is 0 Å². The maximum Gasteiger partial charge on any atom is 0.174 e. The molecule has 5 heteroatoms. The van der Waals surface area contributed by atoms with Crippen molar-refractivity contribution in [2.24, 2.45) is 5.92 Å². The number of aliphatic hydroxyl groups excluding tert-OH is 2. The van der Waals surface area contributed by atoms with Crippen LogP contribution >= 0.6 is 0 Å². The van der Waals surface area contributed by atoms with E-state index in [-0.39, 0.29) is 31.5 Å². The van der Waals surface area contributed by atoms with E-state index in [4.69, 9.17) is 9.47 Å². The van der Waals surface area contributed by atoms with Crippen LogP contribution in [-0.4, -0.2) is 54.5 Å². The standard InChI is InChI=1S/C9H17NO4/c1-5-6(10-2)8-13-4-9(3-11,14-8)7(5)12/h5-8,10-12H,3-4H2,1-2H3/t5-,6-,7-,8+,9+/m1/s1. The minimum absolute atomic E-state index is 0.00778. The van der Waals surface area contributed by atoms with Gasteiger partial charge in [-0.1, -0.05) is 6.92 Å². The smallest absolute Gasteiger partial charge is 0.174 e. The Morgan fingerprint density at radius 2 is 2.29 bits per heavy atom. The molecule has 5 nitrogen and oxygen atoms in total. The molecule has 0 radical (unpaired) electrons. The Bertz CT molecular complexity index is 225. The number of hydrogen-bond acceptors (Lipinski definition) is 5. The highest BCUT2D eigenvalue weighted by Crippen LogP contribution is 2.39. The van der Waals surface area contributed by atoms with Crippen LogP contribution < -0.4 is 5.32 Å². The van der Waals surface area contributed by atoms with Crippen LogP contribution in [0.15, 0.2) is 0 Å². The summed E-state index contributed by atoms with van der Waals surface area (Å²) in [6.45, 7) is 1.99. The third kappa shape index (κ3) is 1.20. The lowest BCUT2D eigenvalue weighted by Gasteiger charge is -2.42. The van der Waals surface area contributed by atoms with Crippen LogP contribution in [0.4, 0.5) is 0 Å². The van der Waals surface area contributed by atoms with Gasteiger partial charge in [0.05, 0.1) is 25.4 Å². The lowest BCUT2D eigenvalue weighted by Crippen LogP contribution is -2.61. The van der Waals surface area contributed by atoms with E-state index in [0.717, 1.165) is 0 Å². The van der Waals surface area contributed by atoms with Crippen molar-refractivity contribution in [3.63, 3.8) is 0 Å². The van der Waals surface area contributed by atoms with Gasteiger partial charge in [0, 0.05) is 5.92 Å². The largest absolute Gasteiger partial charge is 0.393 e. The molecule has 2 aliphatic rings. The number of likely N-dealkylation sites (N-methyl/N-ethyl adjacent to an activating group) is 1. The first-order valence-electron chi connectivity index (χ1n) is 4.90. The summed E-state index contributed by atoms with van der Waals surface area (Å²) in [6.07, 6.45) is -1.05. The van der Waals surface area contributed by atoms with Crippen LogP contribution in [0.3, 0.4) is 0 Å². The second-order valence-electron chi connectivity index (χ2n) is 4.14. The molecule has 3 N–H and O–H groups in total. The fourth-order valence-corrected chi connectivity index (χ4v) is 2.35. The maximum atomic E-state index is 10.0. The second kappa shape index (κ2) is 3.43. The first kappa shape index (κ1) is 10.3. The molecule has 0 saturated carbocycles. The van der Waals surface area contributed by atoms with Crippen LogP contribution in [0.25, 0.3) is 0 Å². The minimum Gasteiger partial charge on any atom is -0.393 e. The van der Waals surface area contributed by atoms with Crippen LogP contribution in [0, 0.1) is 5.92 Å². The molecule has 5 atom stereocenters. The van der Waals surface area contributed by atoms with Gasteiger partial charge in [-0.25, -0.2) is 0 Å². The minimum atomic E-state index is -0.905. The van der Waals surface area contributed by atoms with E-state index in [1.165, 1.54) is 0 Å². The normalized spacial score (nSPS) is 52.3. The van der Waals surface area contributed by atoms with Crippen molar-refractivity contribution in [1.82, 2.24) is 5.32 Å². The summed E-state index contributed by atoms with van der Waals surface area (Å²) in [7, 11) is 1.81. The topological polar surface area (TPSA) is 71.0 Å². The first-order valence-corrected chi connectivity index (χ1v) is 4.90. The van der Waals surface area contributed by atoms with Crippen LogP contribution in [0.1, 0.15) is 6.92 Å². The molecule has 2 heterocycles. The molecule has 82 valence electrons. The van der Waals surface area contributed by atoms with Gasteiger partial charge >= 0.3 is 0 Å². The Morgan fingerprint density at radius 3 is 2.86 bits per heavy atom. The summed E-state index contributed by atoms with van der Waals surface area (Å²) in [5.41, 5.74) is -0.905. The monoisotopic (exact) mass is 203 g/mol. The fraction of sp³-hybridized carbons (Fsp3) is 1.00. The summed E-state index contributed by atoms with van der Waals surface area (Å²) < 4.78 is 10.9. The molecule has 0 spiro atoms. The zero-order chi connectivity index (χ0) is 10.3. The SMILES string of the molecule is CN[C@H]1[C@H]2OC[C@](CO)(O2)[C@H](O)[C@@H]1C. The van der Waals surface area contributed by atoms with E-state index in [9.17, 15) is 10.2 Å². The van der Waals surface area contributed by atoms with Crippen LogP contribution in [-0.2, 0) is 9.47 Å².